The van der Waals surface area contributed by atoms with Gasteiger partial charge in [0.15, 0.2) is 12.5 Å². The van der Waals surface area contributed by atoms with Crippen LogP contribution in [0.2, 0.25) is 0 Å². The zero-order chi connectivity index (χ0) is 20.4. The van der Waals surface area contributed by atoms with Gasteiger partial charge < -0.3 is 9.47 Å². The molecule has 146 valence electrons. The lowest BCUT2D eigenvalue weighted by Crippen LogP contribution is -2.44. The zero-order valence-electron chi connectivity index (χ0n) is 17.4. The number of hydrogen-bond acceptors (Lipinski definition) is 6. The Morgan fingerprint density at radius 2 is 1.44 bits per heavy atom. The number of carbonyl (C=O) groups excluding carboxylic acids is 2. The summed E-state index contributed by atoms with van der Waals surface area (Å²) in [6.45, 7) is 20.1. The fourth-order valence-electron chi connectivity index (χ4n) is 1.68. The molecule has 0 radical (unpaired) electrons. The maximum Gasteiger partial charge on any atom is 0.334 e. The van der Waals surface area contributed by atoms with Crippen molar-refractivity contribution in [3.05, 3.63) is 24.3 Å². The highest BCUT2D eigenvalue weighted by Gasteiger charge is 2.16. The van der Waals surface area contributed by atoms with E-state index in [0.29, 0.717) is 11.1 Å². The van der Waals surface area contributed by atoms with Gasteiger partial charge in [0.25, 0.3) is 0 Å². The fraction of sp³-hybridized carbons (Fsp3) is 0.684. The third-order valence-electron chi connectivity index (χ3n) is 2.79. The largest absolute Gasteiger partial charge is 0.444 e. The fourth-order valence-corrected chi connectivity index (χ4v) is 1.68. The van der Waals surface area contributed by atoms with Gasteiger partial charge in [-0.2, -0.15) is 0 Å². The first-order chi connectivity index (χ1) is 11.2. The van der Waals surface area contributed by atoms with E-state index in [-0.39, 0.29) is 29.9 Å². The predicted octanol–water partition coefficient (Wildman–Crippen LogP) is 3.24. The van der Waals surface area contributed by atoms with Crippen LogP contribution < -0.4 is 5.32 Å². The minimum atomic E-state index is -0.357. The molecule has 25 heavy (non-hydrogen) atoms. The average Bonchev–Trinajstić information content (AvgIpc) is 2.42. The maximum atomic E-state index is 11.1. The van der Waals surface area contributed by atoms with E-state index in [1.165, 1.54) is 0 Å². The van der Waals surface area contributed by atoms with Gasteiger partial charge >= 0.3 is 11.9 Å². The van der Waals surface area contributed by atoms with Crippen molar-refractivity contribution in [3.63, 3.8) is 0 Å². The Morgan fingerprint density at radius 1 is 1.04 bits per heavy atom. The number of carbonyl (C=O) groups is 2. The third kappa shape index (κ3) is 14.4. The minimum Gasteiger partial charge on any atom is -0.444 e. The standard InChI is InChI=1S/C10H19NO2.C9H17NO2/c1-7(2)9(12)13-8(3)11-10(4,5)6;1-6-8(10(4)5)12-9(11)7(2)3/h8,11H,1H2,2-6H3;8H,2,6H2,1,3-5H3. The molecule has 0 aliphatic heterocycles. The van der Waals surface area contributed by atoms with Gasteiger partial charge in [0.05, 0.1) is 0 Å². The molecule has 0 bridgehead atoms. The monoisotopic (exact) mass is 356 g/mol. The Labute approximate surface area is 153 Å². The molecule has 2 unspecified atom stereocenters. The van der Waals surface area contributed by atoms with Gasteiger partial charge in [0, 0.05) is 16.7 Å². The lowest BCUT2D eigenvalue weighted by molar-refractivity contribution is -0.152. The van der Waals surface area contributed by atoms with Crippen molar-refractivity contribution in [2.45, 2.75) is 72.9 Å². The summed E-state index contributed by atoms with van der Waals surface area (Å²) in [6, 6.07) is 0. The van der Waals surface area contributed by atoms with E-state index < -0.39 is 0 Å². The predicted molar refractivity (Wildman–Crippen MR) is 102 cm³/mol. The summed E-state index contributed by atoms with van der Waals surface area (Å²) < 4.78 is 10.1. The van der Waals surface area contributed by atoms with Crippen LogP contribution in [0.25, 0.3) is 0 Å². The van der Waals surface area contributed by atoms with Crippen molar-refractivity contribution in [1.82, 2.24) is 10.2 Å². The van der Waals surface area contributed by atoms with Crippen molar-refractivity contribution in [3.8, 4) is 0 Å². The van der Waals surface area contributed by atoms with E-state index in [0.717, 1.165) is 6.42 Å². The van der Waals surface area contributed by atoms with Gasteiger partial charge in [-0.05, 0) is 62.1 Å². The highest BCUT2D eigenvalue weighted by molar-refractivity contribution is 5.87. The molecular formula is C19H36N2O4. The first kappa shape index (κ1) is 25.6. The number of esters is 2. The van der Waals surface area contributed by atoms with Crippen LogP contribution in [0.1, 0.15) is 54.9 Å². The maximum absolute atomic E-state index is 11.1. The van der Waals surface area contributed by atoms with Crippen LogP contribution in [0, 0.1) is 0 Å². The molecule has 6 nitrogen and oxygen atoms in total. The first-order valence-electron chi connectivity index (χ1n) is 8.38. The van der Waals surface area contributed by atoms with E-state index >= 15 is 0 Å². The van der Waals surface area contributed by atoms with Gasteiger partial charge in [-0.15, -0.1) is 0 Å². The summed E-state index contributed by atoms with van der Waals surface area (Å²) in [7, 11) is 3.75. The SMILES string of the molecule is C=C(C)C(=O)OC(C)NC(C)(C)C.C=C(C)C(=O)OC(CC)N(C)C. The number of nitrogens with zero attached hydrogens (tertiary/aromatic N) is 1. The second-order valence-electron chi connectivity index (χ2n) is 7.23. The Morgan fingerprint density at radius 3 is 1.72 bits per heavy atom. The number of nitrogens with one attached hydrogen (secondary N) is 1. The highest BCUT2D eigenvalue weighted by atomic mass is 16.6. The molecule has 0 spiro atoms. The molecule has 0 aromatic carbocycles. The second-order valence-corrected chi connectivity index (χ2v) is 7.23. The van der Waals surface area contributed by atoms with Gasteiger partial charge in [0.2, 0.25) is 0 Å². The van der Waals surface area contributed by atoms with Crippen LogP contribution in [0.3, 0.4) is 0 Å². The molecule has 0 saturated carbocycles. The van der Waals surface area contributed by atoms with E-state index in [1.54, 1.807) is 20.8 Å². The van der Waals surface area contributed by atoms with Crippen LogP contribution in [0.4, 0.5) is 0 Å². The molecule has 0 aromatic rings. The van der Waals surface area contributed by atoms with Crippen molar-refractivity contribution in [2.24, 2.45) is 0 Å². The first-order valence-corrected chi connectivity index (χ1v) is 8.38. The summed E-state index contributed by atoms with van der Waals surface area (Å²) in [6.07, 6.45) is 0.352. The van der Waals surface area contributed by atoms with Crippen LogP contribution in [-0.2, 0) is 19.1 Å². The number of rotatable bonds is 7. The molecule has 0 aliphatic carbocycles. The Hall–Kier alpha value is -1.66. The molecule has 6 heteroatoms. The van der Waals surface area contributed by atoms with Crippen molar-refractivity contribution >= 4 is 11.9 Å². The molecule has 0 aliphatic rings. The topological polar surface area (TPSA) is 67.9 Å². The van der Waals surface area contributed by atoms with Gasteiger partial charge in [-0.25, -0.2) is 9.59 Å². The van der Waals surface area contributed by atoms with Gasteiger partial charge in [0.1, 0.15) is 0 Å². The van der Waals surface area contributed by atoms with E-state index in [4.69, 9.17) is 9.47 Å². The lowest BCUT2D eigenvalue weighted by Gasteiger charge is -2.25. The van der Waals surface area contributed by atoms with Crippen molar-refractivity contribution < 1.29 is 19.1 Å². The quantitative estimate of drug-likeness (QED) is 0.429. The molecule has 0 fully saturated rings. The smallest absolute Gasteiger partial charge is 0.334 e. The molecule has 0 heterocycles. The van der Waals surface area contributed by atoms with Crippen LogP contribution in [0.5, 0.6) is 0 Å². The summed E-state index contributed by atoms with van der Waals surface area (Å²) in [5, 5.41) is 3.12. The van der Waals surface area contributed by atoms with Crippen LogP contribution in [-0.4, -0.2) is 48.9 Å². The zero-order valence-corrected chi connectivity index (χ0v) is 17.4. The second kappa shape index (κ2) is 11.8. The lowest BCUT2D eigenvalue weighted by atomic mass is 10.1. The molecule has 0 amide bonds. The molecular weight excluding hydrogens is 320 g/mol. The Balaban J connectivity index is 0. The normalized spacial score (nSPS) is 13.2. The van der Waals surface area contributed by atoms with Crippen LogP contribution in [0.15, 0.2) is 24.3 Å². The summed E-state index contributed by atoms with van der Waals surface area (Å²) in [5.41, 5.74) is 0.798. The molecule has 2 atom stereocenters. The van der Waals surface area contributed by atoms with Crippen LogP contribution >= 0.6 is 0 Å². The molecule has 0 aromatic heterocycles. The number of hydrogen-bond donors (Lipinski definition) is 1. The Kier molecular flexibility index (Phi) is 12.1. The summed E-state index contributed by atoms with van der Waals surface area (Å²) in [5.74, 6) is -0.681. The molecule has 1 N–H and O–H groups in total. The van der Waals surface area contributed by atoms with Gasteiger partial charge in [-0.3, -0.25) is 10.2 Å². The van der Waals surface area contributed by atoms with Gasteiger partial charge in [-0.1, -0.05) is 20.1 Å². The summed E-state index contributed by atoms with van der Waals surface area (Å²) in [4.78, 5) is 24.0. The third-order valence-corrected chi connectivity index (χ3v) is 2.79. The molecule has 0 saturated heterocycles. The average molecular weight is 357 g/mol. The van der Waals surface area contributed by atoms with Crippen molar-refractivity contribution in [2.75, 3.05) is 14.1 Å². The number of ether oxygens (including phenoxy) is 2. The van der Waals surface area contributed by atoms with E-state index in [1.807, 2.05) is 46.7 Å². The van der Waals surface area contributed by atoms with E-state index in [9.17, 15) is 9.59 Å². The minimum absolute atomic E-state index is 0.0607. The van der Waals surface area contributed by atoms with E-state index in [2.05, 4.69) is 18.5 Å². The molecule has 0 rings (SSSR count). The van der Waals surface area contributed by atoms with Crippen molar-refractivity contribution in [1.29, 1.82) is 0 Å². The Bertz CT molecular complexity index is 465. The summed E-state index contributed by atoms with van der Waals surface area (Å²) >= 11 is 0. The highest BCUT2D eigenvalue weighted by Crippen LogP contribution is 2.05.